The Morgan fingerprint density at radius 1 is 1.21 bits per heavy atom. The van der Waals surface area contributed by atoms with E-state index in [9.17, 15) is 4.79 Å². The molecule has 1 fully saturated rings. The topological polar surface area (TPSA) is 76.2 Å². The normalized spacial score (nSPS) is 16.5. The summed E-state index contributed by atoms with van der Waals surface area (Å²) in [5.74, 6) is 1.44. The number of likely N-dealkylation sites (tertiary alicyclic amines) is 1. The molecule has 2 amide bonds. The summed E-state index contributed by atoms with van der Waals surface area (Å²) in [5.41, 5.74) is 4.05. The van der Waals surface area contributed by atoms with E-state index >= 15 is 0 Å². The van der Waals surface area contributed by atoms with E-state index in [-0.39, 0.29) is 12.1 Å². The van der Waals surface area contributed by atoms with Crippen LogP contribution in [0.3, 0.4) is 0 Å². The third-order valence-electron chi connectivity index (χ3n) is 5.04. The van der Waals surface area contributed by atoms with Crippen LogP contribution in [0.1, 0.15) is 47.2 Å². The highest BCUT2D eigenvalue weighted by atomic mass is 16.5. The summed E-state index contributed by atoms with van der Waals surface area (Å²) in [6.07, 6.45) is 1.82. The van der Waals surface area contributed by atoms with Gasteiger partial charge >= 0.3 is 6.03 Å². The summed E-state index contributed by atoms with van der Waals surface area (Å²) in [7, 11) is 0. The van der Waals surface area contributed by atoms with Gasteiger partial charge in [0, 0.05) is 18.7 Å². The number of aryl methyl sites for hydroxylation is 3. The minimum Gasteiger partial charge on any atom is -0.359 e. The summed E-state index contributed by atoms with van der Waals surface area (Å²) >= 11 is 0. The number of hydrogen-bond donors (Lipinski definition) is 1. The largest absolute Gasteiger partial charge is 0.359 e. The lowest BCUT2D eigenvalue weighted by molar-refractivity contribution is 0.195. The SMILES string of the molecule is Cc1cccc(Cn2nc(C)cc2NC(=O)N2CCC[C@@H]2c2cc(C)no2)c1. The van der Waals surface area contributed by atoms with Crippen LogP contribution in [-0.4, -0.2) is 32.4 Å². The Kier molecular flexibility index (Phi) is 4.90. The van der Waals surface area contributed by atoms with E-state index < -0.39 is 0 Å². The summed E-state index contributed by atoms with van der Waals surface area (Å²) < 4.78 is 7.25. The molecule has 3 aromatic rings. The highest BCUT2D eigenvalue weighted by molar-refractivity contribution is 5.89. The van der Waals surface area contributed by atoms with E-state index in [4.69, 9.17) is 4.52 Å². The fourth-order valence-electron chi connectivity index (χ4n) is 3.78. The minimum atomic E-state index is -0.137. The quantitative estimate of drug-likeness (QED) is 0.737. The molecule has 0 aliphatic carbocycles. The van der Waals surface area contributed by atoms with Crippen molar-refractivity contribution in [3.63, 3.8) is 0 Å². The molecule has 7 nitrogen and oxygen atoms in total. The average Bonchev–Trinajstić information content (AvgIpc) is 3.35. The first kappa shape index (κ1) is 18.3. The summed E-state index contributed by atoms with van der Waals surface area (Å²) in [6, 6.07) is 11.9. The number of nitrogens with zero attached hydrogens (tertiary/aromatic N) is 4. The van der Waals surface area contributed by atoms with Crippen LogP contribution in [-0.2, 0) is 6.54 Å². The van der Waals surface area contributed by atoms with Crippen molar-refractivity contribution in [2.24, 2.45) is 0 Å². The third-order valence-corrected chi connectivity index (χ3v) is 5.04. The first-order chi connectivity index (χ1) is 13.5. The standard InChI is InChI=1S/C21H25N5O2/c1-14-6-4-7-17(10-14)13-26-20(12-15(2)23-26)22-21(27)25-9-5-8-18(25)19-11-16(3)24-28-19/h4,6-7,10-12,18H,5,8-9,13H2,1-3H3,(H,22,27)/t18-/m1/s1. The molecule has 0 bridgehead atoms. The molecule has 1 atom stereocenters. The van der Waals surface area contributed by atoms with Gasteiger partial charge in [-0.2, -0.15) is 5.10 Å². The van der Waals surface area contributed by atoms with Gasteiger partial charge in [-0.25, -0.2) is 9.48 Å². The number of carbonyl (C=O) groups excluding carboxylic acids is 1. The van der Waals surface area contributed by atoms with Crippen molar-refractivity contribution in [2.75, 3.05) is 11.9 Å². The number of rotatable bonds is 4. The van der Waals surface area contributed by atoms with Gasteiger partial charge in [0.25, 0.3) is 0 Å². The Labute approximate surface area is 164 Å². The zero-order chi connectivity index (χ0) is 19.7. The lowest BCUT2D eigenvalue weighted by Gasteiger charge is -2.23. The van der Waals surface area contributed by atoms with Crippen molar-refractivity contribution in [3.8, 4) is 0 Å². The molecule has 146 valence electrons. The van der Waals surface area contributed by atoms with Gasteiger partial charge < -0.3 is 9.42 Å². The molecule has 1 saturated heterocycles. The van der Waals surface area contributed by atoms with E-state index in [1.54, 1.807) is 0 Å². The molecule has 7 heteroatoms. The fourth-order valence-corrected chi connectivity index (χ4v) is 3.78. The summed E-state index contributed by atoms with van der Waals surface area (Å²) in [6.45, 7) is 7.19. The molecule has 0 saturated carbocycles. The first-order valence-corrected chi connectivity index (χ1v) is 9.60. The zero-order valence-electron chi connectivity index (χ0n) is 16.5. The Morgan fingerprint density at radius 2 is 2.07 bits per heavy atom. The lowest BCUT2D eigenvalue weighted by Crippen LogP contribution is -2.35. The van der Waals surface area contributed by atoms with Crippen LogP contribution in [0.25, 0.3) is 0 Å². The summed E-state index contributed by atoms with van der Waals surface area (Å²) in [4.78, 5) is 14.8. The van der Waals surface area contributed by atoms with Gasteiger partial charge in [0.05, 0.1) is 24.0 Å². The molecule has 0 radical (unpaired) electrons. The number of urea groups is 1. The van der Waals surface area contributed by atoms with Crippen LogP contribution in [0.5, 0.6) is 0 Å². The number of nitrogens with one attached hydrogen (secondary N) is 1. The molecule has 1 aromatic carbocycles. The number of benzene rings is 1. The Balaban J connectivity index is 1.51. The molecule has 28 heavy (non-hydrogen) atoms. The van der Waals surface area contributed by atoms with Crippen LogP contribution in [0.4, 0.5) is 10.6 Å². The molecule has 0 spiro atoms. The van der Waals surface area contributed by atoms with Crippen LogP contribution >= 0.6 is 0 Å². The third kappa shape index (κ3) is 3.78. The maximum atomic E-state index is 13.0. The molecule has 4 rings (SSSR count). The predicted octanol–water partition coefficient (Wildman–Crippen LogP) is 4.21. The first-order valence-electron chi connectivity index (χ1n) is 9.60. The van der Waals surface area contributed by atoms with E-state index in [0.29, 0.717) is 18.9 Å². The molecular weight excluding hydrogens is 354 g/mol. The van der Waals surface area contributed by atoms with Crippen molar-refractivity contribution in [3.05, 3.63) is 64.7 Å². The van der Waals surface area contributed by atoms with Crippen molar-refractivity contribution < 1.29 is 9.32 Å². The molecule has 0 unspecified atom stereocenters. The minimum absolute atomic E-state index is 0.0737. The lowest BCUT2D eigenvalue weighted by atomic mass is 10.1. The van der Waals surface area contributed by atoms with E-state index in [1.807, 2.05) is 41.6 Å². The Hall–Kier alpha value is -3.09. The van der Waals surface area contributed by atoms with Gasteiger partial charge in [0.2, 0.25) is 0 Å². The van der Waals surface area contributed by atoms with Gasteiger partial charge in [-0.1, -0.05) is 35.0 Å². The van der Waals surface area contributed by atoms with E-state index in [1.165, 1.54) is 5.56 Å². The number of aromatic nitrogens is 3. The van der Waals surface area contributed by atoms with E-state index in [2.05, 4.69) is 40.7 Å². The van der Waals surface area contributed by atoms with Crippen LogP contribution in [0.15, 0.2) is 40.9 Å². The molecule has 1 aliphatic heterocycles. The van der Waals surface area contributed by atoms with Gasteiger partial charge in [0.15, 0.2) is 5.76 Å². The highest BCUT2D eigenvalue weighted by Crippen LogP contribution is 2.32. The van der Waals surface area contributed by atoms with Crippen molar-refractivity contribution >= 4 is 11.8 Å². The van der Waals surface area contributed by atoms with Crippen LogP contribution < -0.4 is 5.32 Å². The maximum absolute atomic E-state index is 13.0. The number of amides is 2. The van der Waals surface area contributed by atoms with Crippen LogP contribution in [0, 0.1) is 20.8 Å². The maximum Gasteiger partial charge on any atom is 0.323 e. The molecule has 3 heterocycles. The van der Waals surface area contributed by atoms with Crippen molar-refractivity contribution in [1.29, 1.82) is 0 Å². The number of hydrogen-bond acceptors (Lipinski definition) is 4. The second-order valence-corrected chi connectivity index (χ2v) is 7.47. The smallest absolute Gasteiger partial charge is 0.323 e. The number of carbonyl (C=O) groups is 1. The Morgan fingerprint density at radius 3 is 2.82 bits per heavy atom. The second kappa shape index (κ2) is 7.50. The predicted molar refractivity (Wildman–Crippen MR) is 106 cm³/mol. The second-order valence-electron chi connectivity index (χ2n) is 7.47. The molecule has 1 N–H and O–H groups in total. The van der Waals surface area contributed by atoms with Crippen molar-refractivity contribution in [1.82, 2.24) is 19.8 Å². The van der Waals surface area contributed by atoms with Gasteiger partial charge in [0.1, 0.15) is 5.82 Å². The number of anilines is 1. The van der Waals surface area contributed by atoms with Gasteiger partial charge in [-0.05, 0) is 39.2 Å². The van der Waals surface area contributed by atoms with E-state index in [0.717, 1.165) is 35.6 Å². The molecule has 2 aromatic heterocycles. The highest BCUT2D eigenvalue weighted by Gasteiger charge is 2.33. The van der Waals surface area contributed by atoms with Crippen LogP contribution in [0.2, 0.25) is 0 Å². The summed E-state index contributed by atoms with van der Waals surface area (Å²) in [5, 5.41) is 11.6. The van der Waals surface area contributed by atoms with Gasteiger partial charge in [-0.3, -0.25) is 5.32 Å². The average molecular weight is 379 g/mol. The van der Waals surface area contributed by atoms with Crippen molar-refractivity contribution in [2.45, 2.75) is 46.2 Å². The molecular formula is C21H25N5O2. The fraction of sp³-hybridized carbons (Fsp3) is 0.381. The monoisotopic (exact) mass is 379 g/mol. The molecule has 1 aliphatic rings. The van der Waals surface area contributed by atoms with Gasteiger partial charge in [-0.15, -0.1) is 0 Å². The zero-order valence-corrected chi connectivity index (χ0v) is 16.5. The Bertz CT molecular complexity index is 990.